The standard InChI is InChI=1S/C27H47N7O7/c1-26(2,3)40-23(36)30-14-10-17-33(24(37)38)15-7-8-16-34(25(39)41-27(4,5)6)18-9-13-29-22(35)20-11-12-21(32-28)31-19-20/h11-12,19H,7-10,13-18,28H2,1-6H3,(H,29,35)(H,30,36)(H,31,32)(H,37,38). The molecule has 0 atom stereocenters. The molecule has 0 saturated heterocycles. The summed E-state index contributed by atoms with van der Waals surface area (Å²) in [7, 11) is 0. The van der Waals surface area contributed by atoms with Crippen LogP contribution >= 0.6 is 0 Å². The first-order valence-corrected chi connectivity index (χ1v) is 13.7. The number of nitrogens with one attached hydrogen (secondary N) is 3. The van der Waals surface area contributed by atoms with Crippen molar-refractivity contribution in [1.82, 2.24) is 25.4 Å². The number of hydrogen-bond donors (Lipinski definition) is 5. The summed E-state index contributed by atoms with van der Waals surface area (Å²) in [6, 6.07) is 3.19. The predicted octanol–water partition coefficient (Wildman–Crippen LogP) is 3.40. The number of hydrogen-bond acceptors (Lipinski definition) is 9. The molecule has 4 amide bonds. The molecule has 1 aromatic rings. The third-order valence-corrected chi connectivity index (χ3v) is 5.37. The van der Waals surface area contributed by atoms with Gasteiger partial charge in [0, 0.05) is 45.5 Å². The normalized spacial score (nSPS) is 11.3. The van der Waals surface area contributed by atoms with Gasteiger partial charge in [0.05, 0.1) is 5.56 Å². The van der Waals surface area contributed by atoms with Crippen LogP contribution in [0.15, 0.2) is 18.3 Å². The van der Waals surface area contributed by atoms with Crippen LogP contribution in [0.3, 0.4) is 0 Å². The predicted molar refractivity (Wildman–Crippen MR) is 154 cm³/mol. The Bertz CT molecular complexity index is 976. The van der Waals surface area contributed by atoms with Crippen molar-refractivity contribution in [3.05, 3.63) is 23.9 Å². The molecule has 0 aliphatic heterocycles. The molecule has 14 heteroatoms. The average Bonchev–Trinajstić information content (AvgIpc) is 2.86. The molecule has 0 radical (unpaired) electrons. The molecule has 14 nitrogen and oxygen atoms in total. The molecule has 6 N–H and O–H groups in total. The molecule has 0 bridgehead atoms. The highest BCUT2D eigenvalue weighted by molar-refractivity contribution is 5.94. The smallest absolute Gasteiger partial charge is 0.410 e. The Morgan fingerprint density at radius 1 is 0.829 bits per heavy atom. The molecule has 1 heterocycles. The number of amides is 4. The molecule has 0 unspecified atom stereocenters. The molecular formula is C27H47N7O7. The van der Waals surface area contributed by atoms with Gasteiger partial charge >= 0.3 is 18.3 Å². The molecule has 0 aliphatic carbocycles. The van der Waals surface area contributed by atoms with Crippen LogP contribution in [0.5, 0.6) is 0 Å². The number of pyridine rings is 1. The fourth-order valence-corrected chi connectivity index (χ4v) is 3.49. The first kappa shape index (κ1) is 35.2. The van der Waals surface area contributed by atoms with Crippen LogP contribution in [0.25, 0.3) is 0 Å². The molecule has 1 rings (SSSR count). The van der Waals surface area contributed by atoms with Crippen molar-refractivity contribution in [2.75, 3.05) is 44.7 Å². The number of anilines is 1. The summed E-state index contributed by atoms with van der Waals surface area (Å²) in [6.07, 6.45) is 1.36. The van der Waals surface area contributed by atoms with Crippen molar-refractivity contribution >= 4 is 30.0 Å². The molecule has 0 spiro atoms. The van der Waals surface area contributed by atoms with Gasteiger partial charge in [-0.25, -0.2) is 25.2 Å². The van der Waals surface area contributed by atoms with E-state index in [2.05, 4.69) is 21.0 Å². The lowest BCUT2D eigenvalue weighted by molar-refractivity contribution is 0.0243. The third kappa shape index (κ3) is 16.1. The second-order valence-electron chi connectivity index (χ2n) is 11.4. The van der Waals surface area contributed by atoms with Crippen molar-refractivity contribution in [3.63, 3.8) is 0 Å². The maximum Gasteiger partial charge on any atom is 0.410 e. The largest absolute Gasteiger partial charge is 0.465 e. The number of hydrazine groups is 1. The number of nitrogens with two attached hydrogens (primary N) is 1. The van der Waals surface area contributed by atoms with Crippen LogP contribution in [0.4, 0.5) is 20.2 Å². The summed E-state index contributed by atoms with van der Waals surface area (Å²) in [6.45, 7) is 12.5. The molecule has 1 aromatic heterocycles. The molecule has 0 saturated carbocycles. The summed E-state index contributed by atoms with van der Waals surface area (Å²) < 4.78 is 10.7. The molecule has 41 heavy (non-hydrogen) atoms. The summed E-state index contributed by atoms with van der Waals surface area (Å²) in [5.74, 6) is 5.43. The van der Waals surface area contributed by atoms with Gasteiger partial charge in [0.2, 0.25) is 0 Å². The van der Waals surface area contributed by atoms with Crippen molar-refractivity contribution < 1.29 is 33.8 Å². The van der Waals surface area contributed by atoms with Gasteiger partial charge in [0.15, 0.2) is 0 Å². The van der Waals surface area contributed by atoms with E-state index >= 15 is 0 Å². The van der Waals surface area contributed by atoms with Gasteiger partial charge in [0.25, 0.3) is 5.91 Å². The lowest BCUT2D eigenvalue weighted by Crippen LogP contribution is -2.39. The van der Waals surface area contributed by atoms with Gasteiger partial charge in [-0.1, -0.05) is 0 Å². The fraction of sp³-hybridized carbons (Fsp3) is 0.667. The van der Waals surface area contributed by atoms with Crippen LogP contribution in [0, 0.1) is 0 Å². The number of alkyl carbamates (subject to hydrolysis) is 1. The molecule has 232 valence electrons. The Hall–Kier alpha value is -3.81. The summed E-state index contributed by atoms with van der Waals surface area (Å²) in [5, 5.41) is 15.0. The highest BCUT2D eigenvalue weighted by atomic mass is 16.6. The van der Waals surface area contributed by atoms with E-state index in [1.54, 1.807) is 58.6 Å². The van der Waals surface area contributed by atoms with Crippen LogP contribution in [-0.4, -0.2) is 94.5 Å². The van der Waals surface area contributed by atoms with Crippen molar-refractivity contribution in [2.24, 2.45) is 5.84 Å². The van der Waals surface area contributed by atoms with E-state index in [-0.39, 0.29) is 25.5 Å². The van der Waals surface area contributed by atoms with E-state index in [0.717, 1.165) is 0 Å². The molecule has 0 aromatic carbocycles. The second kappa shape index (κ2) is 17.1. The van der Waals surface area contributed by atoms with Crippen molar-refractivity contribution in [2.45, 2.75) is 78.4 Å². The second-order valence-corrected chi connectivity index (χ2v) is 11.4. The van der Waals surface area contributed by atoms with Gasteiger partial charge in [0.1, 0.15) is 17.0 Å². The summed E-state index contributed by atoms with van der Waals surface area (Å²) >= 11 is 0. The SMILES string of the molecule is CC(C)(C)OC(=O)NCCCN(CCCCN(CCCNC(=O)c1ccc(NN)nc1)C(=O)OC(C)(C)C)C(=O)O. The van der Waals surface area contributed by atoms with E-state index in [9.17, 15) is 24.3 Å². The van der Waals surface area contributed by atoms with Gasteiger partial charge in [-0.2, -0.15) is 0 Å². The monoisotopic (exact) mass is 581 g/mol. The van der Waals surface area contributed by atoms with E-state index < -0.39 is 29.5 Å². The van der Waals surface area contributed by atoms with Gasteiger partial charge in [-0.15, -0.1) is 0 Å². The molecular weight excluding hydrogens is 534 g/mol. The fourth-order valence-electron chi connectivity index (χ4n) is 3.49. The highest BCUT2D eigenvalue weighted by Crippen LogP contribution is 2.12. The number of carbonyl (C=O) groups is 4. The van der Waals surface area contributed by atoms with E-state index in [1.165, 1.54) is 11.1 Å². The number of nitrogen functional groups attached to an aromatic ring is 1. The van der Waals surface area contributed by atoms with Gasteiger partial charge in [-0.05, 0) is 79.4 Å². The quantitative estimate of drug-likeness (QED) is 0.117. The lowest BCUT2D eigenvalue weighted by atomic mass is 10.2. The third-order valence-electron chi connectivity index (χ3n) is 5.37. The number of carboxylic acid groups (broad SMARTS) is 1. The van der Waals surface area contributed by atoms with Gasteiger partial charge < -0.3 is 40.4 Å². The number of aromatic nitrogens is 1. The summed E-state index contributed by atoms with van der Waals surface area (Å²) in [4.78, 5) is 55.3. The first-order chi connectivity index (χ1) is 19.1. The Morgan fingerprint density at radius 2 is 1.37 bits per heavy atom. The minimum Gasteiger partial charge on any atom is -0.465 e. The zero-order chi connectivity index (χ0) is 31.1. The minimum absolute atomic E-state index is 0.252. The number of ether oxygens (including phenoxy) is 2. The average molecular weight is 582 g/mol. The maximum absolute atomic E-state index is 12.8. The van der Waals surface area contributed by atoms with Crippen LogP contribution < -0.4 is 21.9 Å². The van der Waals surface area contributed by atoms with Crippen LogP contribution in [0.2, 0.25) is 0 Å². The topological polar surface area (TPSA) is 188 Å². The highest BCUT2D eigenvalue weighted by Gasteiger charge is 2.22. The summed E-state index contributed by atoms with van der Waals surface area (Å²) in [5.41, 5.74) is 1.50. The van der Waals surface area contributed by atoms with E-state index in [0.29, 0.717) is 56.7 Å². The Kier molecular flexibility index (Phi) is 14.7. The molecule has 0 aliphatic rings. The van der Waals surface area contributed by atoms with E-state index in [1.807, 2.05) is 0 Å². The Morgan fingerprint density at radius 3 is 1.88 bits per heavy atom. The number of nitrogens with zero attached hydrogens (tertiary/aromatic N) is 3. The number of carbonyl (C=O) groups excluding carboxylic acids is 3. The minimum atomic E-state index is -1.05. The lowest BCUT2D eigenvalue weighted by Gasteiger charge is -2.28. The first-order valence-electron chi connectivity index (χ1n) is 13.7. The van der Waals surface area contributed by atoms with Crippen molar-refractivity contribution in [3.8, 4) is 0 Å². The van der Waals surface area contributed by atoms with Crippen LogP contribution in [0.1, 0.15) is 77.6 Å². The van der Waals surface area contributed by atoms with Crippen LogP contribution in [-0.2, 0) is 9.47 Å². The van der Waals surface area contributed by atoms with Gasteiger partial charge in [-0.3, -0.25) is 4.79 Å². The van der Waals surface area contributed by atoms with E-state index in [4.69, 9.17) is 15.3 Å². The Labute approximate surface area is 242 Å². The number of unbranched alkanes of at least 4 members (excludes halogenated alkanes) is 1. The number of rotatable bonds is 15. The Balaban J connectivity index is 2.51. The molecule has 0 fully saturated rings. The zero-order valence-electron chi connectivity index (χ0n) is 25.1. The van der Waals surface area contributed by atoms with Crippen molar-refractivity contribution in [1.29, 1.82) is 0 Å². The maximum atomic E-state index is 12.8. The zero-order valence-corrected chi connectivity index (χ0v) is 25.1.